The highest BCUT2D eigenvalue weighted by Gasteiger charge is 2.17. The van der Waals surface area contributed by atoms with E-state index in [1.54, 1.807) is 23.7 Å². The molecule has 0 aliphatic carbocycles. The van der Waals surface area contributed by atoms with Crippen LogP contribution in [0.3, 0.4) is 0 Å². The van der Waals surface area contributed by atoms with E-state index >= 15 is 0 Å². The molecule has 4 nitrogen and oxygen atoms in total. The minimum Gasteiger partial charge on any atom is -0.284 e. The van der Waals surface area contributed by atoms with Crippen molar-refractivity contribution in [2.45, 2.75) is 19.8 Å². The van der Waals surface area contributed by atoms with E-state index in [4.69, 9.17) is 0 Å². The van der Waals surface area contributed by atoms with Crippen LogP contribution in [0.2, 0.25) is 0 Å². The van der Waals surface area contributed by atoms with E-state index in [0.717, 1.165) is 38.3 Å². The molecule has 0 aromatic carbocycles. The first kappa shape index (κ1) is 10.4. The zero-order chi connectivity index (χ0) is 11.8. The fourth-order valence-electron chi connectivity index (χ4n) is 1.90. The summed E-state index contributed by atoms with van der Waals surface area (Å²) in [5.41, 5.74) is 2.34. The summed E-state index contributed by atoms with van der Waals surface area (Å²) in [6.07, 6.45) is 5.43. The summed E-state index contributed by atoms with van der Waals surface area (Å²) in [4.78, 5) is 8.84. The number of fused-ring (bicyclic) bond motifs is 3. The summed E-state index contributed by atoms with van der Waals surface area (Å²) in [6, 6.07) is 3.66. The zero-order valence-corrected chi connectivity index (χ0v) is 10.2. The predicted molar refractivity (Wildman–Crippen MR) is 66.3 cm³/mol. The van der Waals surface area contributed by atoms with Gasteiger partial charge in [-0.25, -0.2) is 9.97 Å². The third-order valence-electron chi connectivity index (χ3n) is 2.65. The lowest BCUT2D eigenvalue weighted by Crippen LogP contribution is -2.30. The minimum atomic E-state index is 0.715. The van der Waals surface area contributed by atoms with Crippen LogP contribution in [-0.2, 0) is 6.42 Å². The van der Waals surface area contributed by atoms with Gasteiger partial charge in [-0.3, -0.25) is 5.21 Å². The number of aromatic nitrogens is 3. The van der Waals surface area contributed by atoms with E-state index < -0.39 is 0 Å². The second-order valence-electron chi connectivity index (χ2n) is 3.92. The Kier molecular flexibility index (Phi) is 2.40. The predicted octanol–water partition coefficient (Wildman–Crippen LogP) is 2.32. The van der Waals surface area contributed by atoms with Crippen LogP contribution in [0, 0.1) is 0 Å². The van der Waals surface area contributed by atoms with Gasteiger partial charge < -0.3 is 0 Å². The molecule has 5 heteroatoms. The summed E-state index contributed by atoms with van der Waals surface area (Å²) in [7, 11) is 0. The summed E-state index contributed by atoms with van der Waals surface area (Å²) < 4.78 is 2.15. The molecule has 1 N–H and O–H groups in total. The van der Waals surface area contributed by atoms with Gasteiger partial charge in [0.25, 0.3) is 5.52 Å². The summed E-state index contributed by atoms with van der Waals surface area (Å²) in [5, 5.41) is 10.9. The first-order valence-corrected chi connectivity index (χ1v) is 6.39. The Morgan fingerprint density at radius 3 is 3.18 bits per heavy atom. The third-order valence-corrected chi connectivity index (χ3v) is 3.79. The van der Waals surface area contributed by atoms with Gasteiger partial charge in [0.05, 0.1) is 9.71 Å². The third kappa shape index (κ3) is 1.63. The van der Waals surface area contributed by atoms with Gasteiger partial charge in [-0.05, 0) is 18.9 Å². The maximum absolute atomic E-state index is 9.85. The number of rotatable bonds is 2. The lowest BCUT2D eigenvalue weighted by Gasteiger charge is -1.92. The Morgan fingerprint density at radius 1 is 1.47 bits per heavy atom. The molecule has 0 aliphatic rings. The first-order valence-electron chi connectivity index (χ1n) is 5.57. The van der Waals surface area contributed by atoms with E-state index in [1.165, 1.54) is 0 Å². The van der Waals surface area contributed by atoms with Crippen molar-refractivity contribution in [3.05, 3.63) is 29.5 Å². The average Bonchev–Trinajstić information content (AvgIpc) is 2.73. The molecule has 0 saturated heterocycles. The molecule has 86 valence electrons. The highest BCUT2D eigenvalue weighted by molar-refractivity contribution is 7.19. The lowest BCUT2D eigenvalue weighted by atomic mass is 10.3. The van der Waals surface area contributed by atoms with Gasteiger partial charge in [-0.2, -0.15) is 0 Å². The number of hydrogen-bond acceptors (Lipinski definition) is 4. The topological polar surface area (TPSA) is 49.9 Å². The Bertz CT molecular complexity index is 693. The van der Waals surface area contributed by atoms with Gasteiger partial charge in [-0.1, -0.05) is 6.92 Å². The Morgan fingerprint density at radius 2 is 2.35 bits per heavy atom. The molecule has 0 atom stereocenters. The SMILES string of the molecule is CCCc1nc2c[n+](O)c3cccnc3c2s1. The summed E-state index contributed by atoms with van der Waals surface area (Å²) >= 11 is 1.66. The van der Waals surface area contributed by atoms with E-state index in [2.05, 4.69) is 16.9 Å². The summed E-state index contributed by atoms with van der Waals surface area (Å²) in [5.74, 6) is 0. The lowest BCUT2D eigenvalue weighted by molar-refractivity contribution is -0.883. The molecule has 3 aromatic heterocycles. The van der Waals surface area contributed by atoms with Crippen molar-refractivity contribution in [3.63, 3.8) is 0 Å². The quantitative estimate of drug-likeness (QED) is 0.557. The smallest absolute Gasteiger partial charge is 0.284 e. The van der Waals surface area contributed by atoms with Crippen LogP contribution in [0.1, 0.15) is 18.4 Å². The summed E-state index contributed by atoms with van der Waals surface area (Å²) in [6.45, 7) is 2.13. The molecule has 17 heavy (non-hydrogen) atoms. The molecule has 0 amide bonds. The van der Waals surface area contributed by atoms with Crippen molar-refractivity contribution >= 4 is 32.6 Å². The molecule has 0 fully saturated rings. The molecular weight excluding hydrogens is 234 g/mol. The Labute approximate surface area is 102 Å². The van der Waals surface area contributed by atoms with Crippen LogP contribution in [0.5, 0.6) is 0 Å². The molecule has 0 unspecified atom stereocenters. The van der Waals surface area contributed by atoms with Crippen molar-refractivity contribution < 1.29 is 9.94 Å². The van der Waals surface area contributed by atoms with Crippen LogP contribution in [0.4, 0.5) is 0 Å². The standard InChI is InChI=1S/C12H12N3OS/c1-2-4-10-14-8-7-15(16)9-5-3-6-13-11(9)12(8)17-10/h3,5-7,16H,2,4H2,1H3/q+1. The van der Waals surface area contributed by atoms with Crippen LogP contribution in [-0.4, -0.2) is 15.2 Å². The van der Waals surface area contributed by atoms with Gasteiger partial charge in [0.15, 0.2) is 11.0 Å². The Balaban J connectivity index is 2.38. The van der Waals surface area contributed by atoms with Gasteiger partial charge in [-0.15, -0.1) is 11.3 Å². The second-order valence-corrected chi connectivity index (χ2v) is 5.00. The largest absolute Gasteiger partial charge is 0.284 e. The normalized spacial score (nSPS) is 11.4. The van der Waals surface area contributed by atoms with Crippen LogP contribution in [0.15, 0.2) is 24.5 Å². The van der Waals surface area contributed by atoms with Crippen molar-refractivity contribution in [2.75, 3.05) is 0 Å². The zero-order valence-electron chi connectivity index (χ0n) is 9.42. The number of hydrogen-bond donors (Lipinski definition) is 1. The number of thiazole rings is 1. The monoisotopic (exact) mass is 246 g/mol. The first-order chi connectivity index (χ1) is 8.29. The van der Waals surface area contributed by atoms with Crippen molar-refractivity contribution in [1.82, 2.24) is 9.97 Å². The molecule has 0 aliphatic heterocycles. The van der Waals surface area contributed by atoms with E-state index in [1.807, 2.05) is 12.1 Å². The average molecular weight is 246 g/mol. The maximum atomic E-state index is 9.85. The Hall–Kier alpha value is -1.75. The molecular formula is C12H12N3OS+. The van der Waals surface area contributed by atoms with Crippen molar-refractivity contribution in [2.24, 2.45) is 0 Å². The van der Waals surface area contributed by atoms with Gasteiger partial charge >= 0.3 is 0 Å². The van der Waals surface area contributed by atoms with Gasteiger partial charge in [0.2, 0.25) is 6.20 Å². The highest BCUT2D eigenvalue weighted by Crippen LogP contribution is 2.27. The molecule has 0 bridgehead atoms. The second kappa shape index (κ2) is 3.92. The molecule has 3 rings (SSSR count). The molecule has 3 aromatic rings. The molecule has 3 heterocycles. The minimum absolute atomic E-state index is 0.715. The number of pyridine rings is 2. The molecule has 0 spiro atoms. The molecule has 0 radical (unpaired) electrons. The fraction of sp³-hybridized carbons (Fsp3) is 0.250. The van der Waals surface area contributed by atoms with E-state index in [-0.39, 0.29) is 0 Å². The van der Waals surface area contributed by atoms with Crippen molar-refractivity contribution in [3.8, 4) is 0 Å². The van der Waals surface area contributed by atoms with Gasteiger partial charge in [0.1, 0.15) is 0 Å². The van der Waals surface area contributed by atoms with Crippen LogP contribution >= 0.6 is 11.3 Å². The highest BCUT2D eigenvalue weighted by atomic mass is 32.1. The molecule has 0 saturated carbocycles. The van der Waals surface area contributed by atoms with Crippen LogP contribution in [0.25, 0.3) is 21.3 Å². The number of aryl methyl sites for hydroxylation is 1. The number of nitrogens with zero attached hydrogens (tertiary/aromatic N) is 3. The van der Waals surface area contributed by atoms with Gasteiger partial charge in [0, 0.05) is 17.0 Å². The van der Waals surface area contributed by atoms with E-state index in [9.17, 15) is 5.21 Å². The fourth-order valence-corrected chi connectivity index (χ4v) is 3.04. The van der Waals surface area contributed by atoms with Crippen LogP contribution < -0.4 is 4.73 Å². The van der Waals surface area contributed by atoms with E-state index in [0.29, 0.717) is 5.52 Å². The maximum Gasteiger partial charge on any atom is 0.284 e. The van der Waals surface area contributed by atoms with Crippen molar-refractivity contribution in [1.29, 1.82) is 0 Å².